The number of carbonyl (C=O) groups is 1. The zero-order valence-corrected chi connectivity index (χ0v) is 16.4. The molecule has 3 saturated heterocycles. The molecule has 148 valence electrons. The SMILES string of the molecule is C[C@@H]1CCCCN1C1CN(C(=O)Nc2ccccc2CN2CCOCC2)C1. The second-order valence-corrected chi connectivity index (χ2v) is 8.12. The summed E-state index contributed by atoms with van der Waals surface area (Å²) < 4.78 is 5.43. The van der Waals surface area contributed by atoms with Crippen molar-refractivity contribution in [2.24, 2.45) is 0 Å². The number of nitrogens with zero attached hydrogens (tertiary/aromatic N) is 3. The molecule has 3 aliphatic rings. The average molecular weight is 373 g/mol. The average Bonchev–Trinajstić information content (AvgIpc) is 2.64. The van der Waals surface area contributed by atoms with Crippen LogP contribution >= 0.6 is 0 Å². The molecule has 0 spiro atoms. The van der Waals surface area contributed by atoms with Gasteiger partial charge in [-0.2, -0.15) is 0 Å². The predicted molar refractivity (Wildman–Crippen MR) is 107 cm³/mol. The molecule has 3 aliphatic heterocycles. The van der Waals surface area contributed by atoms with Crippen molar-refractivity contribution in [2.75, 3.05) is 51.3 Å². The lowest BCUT2D eigenvalue weighted by Crippen LogP contribution is -2.64. The van der Waals surface area contributed by atoms with Crippen LogP contribution in [0.2, 0.25) is 0 Å². The Hall–Kier alpha value is -1.63. The fraction of sp³-hybridized carbons (Fsp3) is 0.667. The Bertz CT molecular complexity index is 641. The van der Waals surface area contributed by atoms with E-state index < -0.39 is 0 Å². The van der Waals surface area contributed by atoms with Gasteiger partial charge >= 0.3 is 6.03 Å². The molecule has 4 rings (SSSR count). The van der Waals surface area contributed by atoms with E-state index in [0.717, 1.165) is 51.6 Å². The zero-order chi connectivity index (χ0) is 18.6. The minimum absolute atomic E-state index is 0.0327. The van der Waals surface area contributed by atoms with Gasteiger partial charge in [-0.25, -0.2) is 4.79 Å². The van der Waals surface area contributed by atoms with E-state index in [2.05, 4.69) is 28.1 Å². The fourth-order valence-electron chi connectivity index (χ4n) is 4.47. The number of ether oxygens (including phenoxy) is 1. The number of piperidine rings is 1. The lowest BCUT2D eigenvalue weighted by molar-refractivity contribution is 0.0199. The second kappa shape index (κ2) is 8.59. The van der Waals surface area contributed by atoms with Gasteiger partial charge in [0.05, 0.1) is 13.2 Å². The Balaban J connectivity index is 1.31. The first-order valence-electron chi connectivity index (χ1n) is 10.4. The summed E-state index contributed by atoms with van der Waals surface area (Å²) in [6, 6.07) is 9.38. The second-order valence-electron chi connectivity index (χ2n) is 8.12. The molecule has 3 fully saturated rings. The van der Waals surface area contributed by atoms with Gasteiger partial charge in [0.15, 0.2) is 0 Å². The van der Waals surface area contributed by atoms with E-state index in [-0.39, 0.29) is 6.03 Å². The van der Waals surface area contributed by atoms with Gasteiger partial charge in [0, 0.05) is 50.5 Å². The van der Waals surface area contributed by atoms with Gasteiger partial charge in [-0.05, 0) is 37.9 Å². The molecule has 1 aromatic carbocycles. The number of urea groups is 1. The molecular formula is C21H32N4O2. The summed E-state index contributed by atoms with van der Waals surface area (Å²) in [5.74, 6) is 0. The van der Waals surface area contributed by atoms with Crippen molar-refractivity contribution in [1.82, 2.24) is 14.7 Å². The summed E-state index contributed by atoms with van der Waals surface area (Å²) in [6.45, 7) is 9.54. The molecule has 1 N–H and O–H groups in total. The van der Waals surface area contributed by atoms with Crippen LogP contribution in [0.1, 0.15) is 31.7 Å². The minimum atomic E-state index is 0.0327. The minimum Gasteiger partial charge on any atom is -0.379 e. The maximum absolute atomic E-state index is 12.7. The first-order valence-corrected chi connectivity index (χ1v) is 10.4. The first-order chi connectivity index (χ1) is 13.2. The van der Waals surface area contributed by atoms with E-state index in [4.69, 9.17) is 4.74 Å². The zero-order valence-electron chi connectivity index (χ0n) is 16.4. The van der Waals surface area contributed by atoms with Crippen molar-refractivity contribution < 1.29 is 9.53 Å². The Morgan fingerprint density at radius 3 is 2.70 bits per heavy atom. The van der Waals surface area contributed by atoms with Crippen molar-refractivity contribution >= 4 is 11.7 Å². The summed E-state index contributed by atoms with van der Waals surface area (Å²) >= 11 is 0. The molecule has 1 atom stereocenters. The molecule has 2 amide bonds. The third kappa shape index (κ3) is 4.45. The van der Waals surface area contributed by atoms with Crippen molar-refractivity contribution in [3.63, 3.8) is 0 Å². The van der Waals surface area contributed by atoms with Crippen LogP contribution < -0.4 is 5.32 Å². The number of amides is 2. The maximum Gasteiger partial charge on any atom is 0.321 e. The molecule has 0 radical (unpaired) electrons. The number of morpholine rings is 1. The molecule has 0 bridgehead atoms. The highest BCUT2D eigenvalue weighted by Crippen LogP contribution is 2.25. The van der Waals surface area contributed by atoms with Crippen LogP contribution in [0.3, 0.4) is 0 Å². The van der Waals surface area contributed by atoms with Crippen LogP contribution in [0.5, 0.6) is 0 Å². The highest BCUT2D eigenvalue weighted by Gasteiger charge is 2.37. The van der Waals surface area contributed by atoms with Crippen molar-refractivity contribution in [3.05, 3.63) is 29.8 Å². The number of anilines is 1. The van der Waals surface area contributed by atoms with Crippen LogP contribution in [0, 0.1) is 0 Å². The Morgan fingerprint density at radius 1 is 1.15 bits per heavy atom. The highest BCUT2D eigenvalue weighted by molar-refractivity contribution is 5.90. The van der Waals surface area contributed by atoms with Gasteiger partial charge < -0.3 is 15.0 Å². The molecule has 0 aliphatic carbocycles. The number of nitrogens with one attached hydrogen (secondary N) is 1. The molecule has 27 heavy (non-hydrogen) atoms. The lowest BCUT2D eigenvalue weighted by atomic mass is 9.98. The van der Waals surface area contributed by atoms with Gasteiger partial charge in [-0.3, -0.25) is 9.80 Å². The predicted octanol–water partition coefficient (Wildman–Crippen LogP) is 2.61. The standard InChI is InChI=1S/C21H32N4O2/c1-17-6-4-5-9-25(17)19-15-24(16-19)21(26)22-20-8-3-2-7-18(20)14-23-10-12-27-13-11-23/h2-3,7-8,17,19H,4-6,9-16H2,1H3,(H,22,26)/t17-/m1/s1. The summed E-state index contributed by atoms with van der Waals surface area (Å²) in [7, 11) is 0. The van der Waals surface area contributed by atoms with Crippen LogP contribution in [0.25, 0.3) is 0 Å². The molecule has 6 heteroatoms. The Kier molecular flexibility index (Phi) is 5.95. The molecule has 3 heterocycles. The smallest absolute Gasteiger partial charge is 0.321 e. The van der Waals surface area contributed by atoms with Crippen molar-refractivity contribution in [3.8, 4) is 0 Å². The van der Waals surface area contributed by atoms with Crippen molar-refractivity contribution in [1.29, 1.82) is 0 Å². The molecule has 1 aromatic rings. The quantitative estimate of drug-likeness (QED) is 0.883. The number of carbonyl (C=O) groups excluding carboxylic acids is 1. The lowest BCUT2D eigenvalue weighted by Gasteiger charge is -2.49. The van der Waals surface area contributed by atoms with Crippen LogP contribution in [0.15, 0.2) is 24.3 Å². The van der Waals surface area contributed by atoms with E-state index in [0.29, 0.717) is 12.1 Å². The van der Waals surface area contributed by atoms with E-state index in [9.17, 15) is 4.79 Å². The van der Waals surface area contributed by atoms with Gasteiger partial charge in [-0.1, -0.05) is 24.6 Å². The highest BCUT2D eigenvalue weighted by atomic mass is 16.5. The largest absolute Gasteiger partial charge is 0.379 e. The van der Waals surface area contributed by atoms with E-state index in [1.165, 1.54) is 31.4 Å². The van der Waals surface area contributed by atoms with Gasteiger partial charge in [0.2, 0.25) is 0 Å². The third-order valence-corrected chi connectivity index (χ3v) is 6.23. The topological polar surface area (TPSA) is 48.0 Å². The van der Waals surface area contributed by atoms with E-state index in [1.54, 1.807) is 0 Å². The van der Waals surface area contributed by atoms with Gasteiger partial charge in [0.1, 0.15) is 0 Å². The Morgan fingerprint density at radius 2 is 1.93 bits per heavy atom. The van der Waals surface area contributed by atoms with Gasteiger partial charge in [0.25, 0.3) is 0 Å². The maximum atomic E-state index is 12.7. The summed E-state index contributed by atoms with van der Waals surface area (Å²) in [5.41, 5.74) is 2.11. The molecular weight excluding hydrogens is 340 g/mol. The number of hydrogen-bond donors (Lipinski definition) is 1. The normalized spacial score (nSPS) is 25.2. The third-order valence-electron chi connectivity index (χ3n) is 6.23. The number of hydrogen-bond acceptors (Lipinski definition) is 4. The Labute approximate surface area is 162 Å². The van der Waals surface area contributed by atoms with Crippen LogP contribution in [0.4, 0.5) is 10.5 Å². The van der Waals surface area contributed by atoms with E-state index in [1.807, 2.05) is 23.1 Å². The van der Waals surface area contributed by atoms with E-state index >= 15 is 0 Å². The summed E-state index contributed by atoms with van der Waals surface area (Å²) in [5, 5.41) is 3.15. The first kappa shape index (κ1) is 18.7. The summed E-state index contributed by atoms with van der Waals surface area (Å²) in [4.78, 5) is 19.6. The van der Waals surface area contributed by atoms with Crippen molar-refractivity contribution in [2.45, 2.75) is 44.8 Å². The van der Waals surface area contributed by atoms with Crippen LogP contribution in [-0.2, 0) is 11.3 Å². The monoisotopic (exact) mass is 372 g/mol. The van der Waals surface area contributed by atoms with Crippen LogP contribution in [-0.4, -0.2) is 78.8 Å². The van der Waals surface area contributed by atoms with Gasteiger partial charge in [-0.15, -0.1) is 0 Å². The summed E-state index contributed by atoms with van der Waals surface area (Å²) in [6.07, 6.45) is 3.92. The fourth-order valence-corrected chi connectivity index (χ4v) is 4.47. The molecule has 0 unspecified atom stereocenters. The number of para-hydroxylation sites is 1. The number of benzene rings is 1. The molecule has 6 nitrogen and oxygen atoms in total. The molecule has 0 aromatic heterocycles. The number of likely N-dealkylation sites (tertiary alicyclic amines) is 2. The molecule has 0 saturated carbocycles. The number of rotatable bonds is 4.